The van der Waals surface area contributed by atoms with Crippen molar-refractivity contribution >= 4 is 0 Å². The van der Waals surface area contributed by atoms with Crippen LogP contribution in [-0.2, 0) is 10.3 Å². The summed E-state index contributed by atoms with van der Waals surface area (Å²) in [5.41, 5.74) is 1.54. The normalized spacial score (nSPS) is 20.6. The van der Waals surface area contributed by atoms with Crippen molar-refractivity contribution in [2.24, 2.45) is 0 Å². The van der Waals surface area contributed by atoms with E-state index < -0.39 is 5.60 Å². The van der Waals surface area contributed by atoms with E-state index in [0.29, 0.717) is 0 Å². The van der Waals surface area contributed by atoms with Crippen molar-refractivity contribution < 1.29 is 9.47 Å². The maximum Gasteiger partial charge on any atom is 0.154 e. The minimum atomic E-state index is -0.484. The fourth-order valence-corrected chi connectivity index (χ4v) is 2.66. The summed E-state index contributed by atoms with van der Waals surface area (Å²) < 4.78 is 11.4. The van der Waals surface area contributed by atoms with Crippen molar-refractivity contribution in [1.82, 2.24) is 0 Å². The van der Waals surface area contributed by atoms with Crippen molar-refractivity contribution in [2.75, 3.05) is 13.7 Å². The molecule has 1 atom stereocenters. The SMILES string of the molecule is COc1ccccc1C#CC1(c2ccccc2)CCCO1. The minimum absolute atomic E-state index is 0.484. The van der Waals surface area contributed by atoms with E-state index in [4.69, 9.17) is 9.47 Å². The van der Waals surface area contributed by atoms with Crippen LogP contribution in [0.15, 0.2) is 54.6 Å². The quantitative estimate of drug-likeness (QED) is 0.779. The number of benzene rings is 2. The Morgan fingerprint density at radius 2 is 1.81 bits per heavy atom. The molecule has 21 heavy (non-hydrogen) atoms. The fraction of sp³-hybridized carbons (Fsp3) is 0.263. The average molecular weight is 278 g/mol. The molecule has 0 aliphatic carbocycles. The van der Waals surface area contributed by atoms with Gasteiger partial charge in [0.15, 0.2) is 5.60 Å². The second-order valence-electron chi connectivity index (χ2n) is 5.10. The van der Waals surface area contributed by atoms with Crippen LogP contribution in [0.1, 0.15) is 24.0 Å². The molecule has 0 saturated carbocycles. The van der Waals surface area contributed by atoms with E-state index in [1.54, 1.807) is 7.11 Å². The molecule has 3 rings (SSSR count). The third kappa shape index (κ3) is 2.79. The Morgan fingerprint density at radius 1 is 1.05 bits per heavy atom. The van der Waals surface area contributed by atoms with Crippen LogP contribution in [-0.4, -0.2) is 13.7 Å². The van der Waals surface area contributed by atoms with E-state index in [1.807, 2.05) is 42.5 Å². The monoisotopic (exact) mass is 278 g/mol. The van der Waals surface area contributed by atoms with E-state index in [2.05, 4.69) is 24.0 Å². The maximum atomic E-state index is 6.01. The molecule has 2 nitrogen and oxygen atoms in total. The van der Waals surface area contributed by atoms with Crippen molar-refractivity contribution in [2.45, 2.75) is 18.4 Å². The Bertz CT molecular complexity index is 659. The van der Waals surface area contributed by atoms with Gasteiger partial charge in [-0.05, 0) is 30.5 Å². The van der Waals surface area contributed by atoms with Crippen LogP contribution >= 0.6 is 0 Å². The van der Waals surface area contributed by atoms with Gasteiger partial charge in [-0.2, -0.15) is 0 Å². The van der Waals surface area contributed by atoms with Crippen LogP contribution in [0, 0.1) is 11.8 Å². The molecule has 1 heterocycles. The molecule has 0 bridgehead atoms. The highest BCUT2D eigenvalue weighted by Gasteiger charge is 2.35. The van der Waals surface area contributed by atoms with Crippen molar-refractivity contribution in [3.63, 3.8) is 0 Å². The van der Waals surface area contributed by atoms with E-state index in [9.17, 15) is 0 Å². The highest BCUT2D eigenvalue weighted by molar-refractivity contribution is 5.48. The molecule has 2 aromatic carbocycles. The third-order valence-corrected chi connectivity index (χ3v) is 3.77. The topological polar surface area (TPSA) is 18.5 Å². The van der Waals surface area contributed by atoms with Gasteiger partial charge in [-0.25, -0.2) is 0 Å². The maximum absolute atomic E-state index is 6.01. The summed E-state index contributed by atoms with van der Waals surface area (Å²) in [7, 11) is 1.67. The summed E-state index contributed by atoms with van der Waals surface area (Å²) in [4.78, 5) is 0. The van der Waals surface area contributed by atoms with Gasteiger partial charge in [0, 0.05) is 6.61 Å². The molecule has 2 heteroatoms. The van der Waals surface area contributed by atoms with E-state index in [1.165, 1.54) is 0 Å². The second-order valence-corrected chi connectivity index (χ2v) is 5.10. The zero-order chi connectivity index (χ0) is 14.5. The van der Waals surface area contributed by atoms with Gasteiger partial charge >= 0.3 is 0 Å². The van der Waals surface area contributed by atoms with Crippen LogP contribution in [0.3, 0.4) is 0 Å². The number of hydrogen-bond donors (Lipinski definition) is 0. The molecule has 1 unspecified atom stereocenters. The summed E-state index contributed by atoms with van der Waals surface area (Å²) in [5, 5.41) is 0. The summed E-state index contributed by atoms with van der Waals surface area (Å²) in [6, 6.07) is 18.1. The number of ether oxygens (including phenoxy) is 2. The van der Waals surface area contributed by atoms with Gasteiger partial charge in [0.2, 0.25) is 0 Å². The first kappa shape index (κ1) is 13.7. The molecule has 0 radical (unpaired) electrons. The Labute approximate surface area is 125 Å². The van der Waals surface area contributed by atoms with Crippen LogP contribution in [0.25, 0.3) is 0 Å². The fourth-order valence-electron chi connectivity index (χ4n) is 2.66. The van der Waals surface area contributed by atoms with Gasteiger partial charge in [0.05, 0.1) is 12.7 Å². The van der Waals surface area contributed by atoms with Gasteiger partial charge in [-0.15, -0.1) is 0 Å². The van der Waals surface area contributed by atoms with Gasteiger partial charge in [-0.1, -0.05) is 54.3 Å². The molecule has 0 N–H and O–H groups in total. The van der Waals surface area contributed by atoms with Crippen molar-refractivity contribution in [3.05, 3.63) is 65.7 Å². The third-order valence-electron chi connectivity index (χ3n) is 3.77. The lowest BCUT2D eigenvalue weighted by Gasteiger charge is -2.22. The van der Waals surface area contributed by atoms with Gasteiger partial charge in [-0.3, -0.25) is 0 Å². The predicted octanol–water partition coefficient (Wildman–Crippen LogP) is 3.75. The highest BCUT2D eigenvalue weighted by Crippen LogP contribution is 2.35. The molecule has 106 valence electrons. The van der Waals surface area contributed by atoms with Gasteiger partial charge in [0.1, 0.15) is 5.75 Å². The highest BCUT2D eigenvalue weighted by atomic mass is 16.5. The van der Waals surface area contributed by atoms with E-state index in [-0.39, 0.29) is 0 Å². The Balaban J connectivity index is 2.00. The molecule has 0 spiro atoms. The minimum Gasteiger partial charge on any atom is -0.495 e. The summed E-state index contributed by atoms with van der Waals surface area (Å²) in [5.74, 6) is 7.39. The molecule has 0 amide bonds. The summed E-state index contributed by atoms with van der Waals surface area (Å²) >= 11 is 0. The first-order chi connectivity index (χ1) is 10.3. The molecule has 1 aliphatic heterocycles. The first-order valence-electron chi connectivity index (χ1n) is 7.20. The summed E-state index contributed by atoms with van der Waals surface area (Å²) in [6.07, 6.45) is 1.97. The largest absolute Gasteiger partial charge is 0.495 e. The lowest BCUT2D eigenvalue weighted by Crippen LogP contribution is -2.22. The lowest BCUT2D eigenvalue weighted by molar-refractivity contribution is 0.0513. The number of methoxy groups -OCH3 is 1. The average Bonchev–Trinajstić information content (AvgIpc) is 3.04. The van der Waals surface area contributed by atoms with Gasteiger partial charge < -0.3 is 9.47 Å². The molecule has 0 aromatic heterocycles. The summed E-state index contributed by atoms with van der Waals surface area (Å²) in [6.45, 7) is 0.759. The smallest absolute Gasteiger partial charge is 0.154 e. The molecular formula is C19H18O2. The van der Waals surface area contributed by atoms with Crippen LogP contribution in [0.4, 0.5) is 0 Å². The lowest BCUT2D eigenvalue weighted by atomic mass is 9.91. The van der Waals surface area contributed by atoms with Crippen LogP contribution in [0.5, 0.6) is 5.75 Å². The van der Waals surface area contributed by atoms with Crippen LogP contribution < -0.4 is 4.74 Å². The first-order valence-corrected chi connectivity index (χ1v) is 7.20. The van der Waals surface area contributed by atoms with Gasteiger partial charge in [0.25, 0.3) is 0 Å². The predicted molar refractivity (Wildman–Crippen MR) is 83.2 cm³/mol. The molecule has 1 fully saturated rings. The van der Waals surface area contributed by atoms with E-state index in [0.717, 1.165) is 36.3 Å². The Hall–Kier alpha value is -2.24. The standard InChI is InChI=1S/C19H18O2/c1-20-18-11-6-5-8-16(18)12-14-19(13-7-15-21-19)17-9-3-2-4-10-17/h2-6,8-11H,7,13,15H2,1H3. The zero-order valence-corrected chi connectivity index (χ0v) is 12.1. The number of rotatable bonds is 2. The van der Waals surface area contributed by atoms with Crippen molar-refractivity contribution in [3.8, 4) is 17.6 Å². The van der Waals surface area contributed by atoms with Crippen LogP contribution in [0.2, 0.25) is 0 Å². The second kappa shape index (κ2) is 6.03. The molecule has 1 aliphatic rings. The van der Waals surface area contributed by atoms with Crippen molar-refractivity contribution in [1.29, 1.82) is 0 Å². The Kier molecular flexibility index (Phi) is 3.94. The van der Waals surface area contributed by atoms with E-state index >= 15 is 0 Å². The molecule has 1 saturated heterocycles. The number of para-hydroxylation sites is 1. The zero-order valence-electron chi connectivity index (χ0n) is 12.1. The Morgan fingerprint density at radius 3 is 2.52 bits per heavy atom. The molecular weight excluding hydrogens is 260 g/mol. The molecule has 2 aromatic rings. The number of hydrogen-bond acceptors (Lipinski definition) is 2.